The lowest BCUT2D eigenvalue weighted by Gasteiger charge is -2.46. The fourth-order valence-corrected chi connectivity index (χ4v) is 16.4. The van der Waals surface area contributed by atoms with Crippen molar-refractivity contribution in [3.05, 3.63) is 382 Å². The molecule has 0 saturated heterocycles. The molecule has 18 rings (SSSR count). The average Bonchev–Trinajstić information content (AvgIpc) is 0.688. The van der Waals surface area contributed by atoms with Gasteiger partial charge in [-0.15, -0.1) is 0 Å². The summed E-state index contributed by atoms with van der Waals surface area (Å²) in [5.41, 5.74) is 32.7. The van der Waals surface area contributed by atoms with Crippen molar-refractivity contribution in [2.75, 3.05) is 19.6 Å². The third kappa shape index (κ3) is 11.4. The number of hydrogen-bond acceptors (Lipinski definition) is 4. The van der Waals surface area contributed by atoms with Crippen LogP contribution in [0.1, 0.15) is 43.6 Å². The van der Waals surface area contributed by atoms with Gasteiger partial charge < -0.3 is 19.6 Å². The normalized spacial score (nSPS) is 13.0. The van der Waals surface area contributed by atoms with E-state index in [0.29, 0.717) is 5.92 Å². The molecule has 0 bridgehead atoms. The summed E-state index contributed by atoms with van der Waals surface area (Å²) in [5, 5.41) is 0. The number of nitrogens with zero attached hydrogens (tertiary/aromatic N) is 4. The first kappa shape index (κ1) is 60.9. The van der Waals surface area contributed by atoms with Gasteiger partial charge in [-0.1, -0.05) is 298 Å². The molecule has 0 amide bonds. The minimum Gasteiger partial charge on any atom is -0.310 e. The third-order valence-electron chi connectivity index (χ3n) is 21.0. The molecule has 480 valence electrons. The van der Waals surface area contributed by atoms with Crippen molar-refractivity contribution in [2.45, 2.75) is 38.0 Å². The standard InChI is InChI=1S/C96H73BN4/c1-10-32-68(33-11-1)77-66-92-94-93(67-77)101(96-86(71-38-16-4-17-39-71)56-31-57-87(96)72-40-18-5-19-41-72)91-61-59-76(74-43-29-53-83(63-74)99(80-48-24-8-25-49-80)81-50-26-9-27-51-81)65-89(91)97(94)88-64-75(73-42-28-52-82(62-73)98(78-44-20-6-21-45-78)79-46-22-7-23-47-79)58-60-90(88)100(92)95-84(69-34-12-2-13-35-69)54-30-55-85(95)70-36-14-3-15-37-70/h2-9,12-31,34-68H,1,10-11,32-33H2. The van der Waals surface area contributed by atoms with Gasteiger partial charge in [-0.25, -0.2) is 0 Å². The Hall–Kier alpha value is -12.4. The molecular weight excluding hydrogens is 1220 g/mol. The smallest absolute Gasteiger partial charge is 0.252 e. The average molecular weight is 1290 g/mol. The zero-order valence-electron chi connectivity index (χ0n) is 56.3. The van der Waals surface area contributed by atoms with Crippen molar-refractivity contribution < 1.29 is 0 Å². The van der Waals surface area contributed by atoms with E-state index in [0.717, 1.165) is 114 Å². The van der Waals surface area contributed by atoms with E-state index in [1.807, 2.05) is 0 Å². The van der Waals surface area contributed by atoms with E-state index in [1.54, 1.807) is 0 Å². The molecule has 5 heteroatoms. The van der Waals surface area contributed by atoms with Gasteiger partial charge in [0.05, 0.1) is 11.4 Å². The minimum absolute atomic E-state index is 0.243. The van der Waals surface area contributed by atoms with Crippen LogP contribution in [0.3, 0.4) is 0 Å². The van der Waals surface area contributed by atoms with Gasteiger partial charge in [-0.2, -0.15) is 0 Å². The van der Waals surface area contributed by atoms with Gasteiger partial charge in [-0.3, -0.25) is 0 Å². The summed E-state index contributed by atoms with van der Waals surface area (Å²) in [7, 11) is 0. The first-order valence-electron chi connectivity index (χ1n) is 35.7. The monoisotopic (exact) mass is 1290 g/mol. The van der Waals surface area contributed by atoms with Crippen molar-refractivity contribution in [1.82, 2.24) is 0 Å². The molecule has 0 spiro atoms. The molecule has 0 aromatic heterocycles. The molecule has 3 aliphatic rings. The Labute approximate surface area is 593 Å². The molecule has 15 aromatic rings. The van der Waals surface area contributed by atoms with E-state index < -0.39 is 0 Å². The fraction of sp³-hybridized carbons (Fsp3) is 0.0625. The van der Waals surface area contributed by atoms with Crippen LogP contribution in [0, 0.1) is 0 Å². The maximum Gasteiger partial charge on any atom is 0.252 e. The van der Waals surface area contributed by atoms with Crippen molar-refractivity contribution in [2.24, 2.45) is 0 Å². The van der Waals surface area contributed by atoms with Crippen LogP contribution in [-0.4, -0.2) is 6.71 Å². The molecule has 1 fully saturated rings. The predicted octanol–water partition coefficient (Wildman–Crippen LogP) is 24.8. The third-order valence-corrected chi connectivity index (χ3v) is 21.0. The van der Waals surface area contributed by atoms with Crippen molar-refractivity contribution >= 4 is 91.3 Å². The Balaban J connectivity index is 0.956. The number of hydrogen-bond donors (Lipinski definition) is 0. The Kier molecular flexibility index (Phi) is 16.2. The van der Waals surface area contributed by atoms with Gasteiger partial charge in [0, 0.05) is 79.1 Å². The molecule has 101 heavy (non-hydrogen) atoms. The predicted molar refractivity (Wildman–Crippen MR) is 428 cm³/mol. The Morgan fingerprint density at radius 3 is 0.861 bits per heavy atom. The molecule has 1 aliphatic carbocycles. The number of para-hydroxylation sites is 6. The van der Waals surface area contributed by atoms with Gasteiger partial charge in [0.15, 0.2) is 0 Å². The summed E-state index contributed by atoms with van der Waals surface area (Å²) >= 11 is 0. The second kappa shape index (κ2) is 26.8. The van der Waals surface area contributed by atoms with Gasteiger partial charge in [-0.05, 0) is 182 Å². The molecule has 4 nitrogen and oxygen atoms in total. The Bertz CT molecular complexity index is 4930. The second-order valence-electron chi connectivity index (χ2n) is 26.9. The topological polar surface area (TPSA) is 13.0 Å². The highest BCUT2D eigenvalue weighted by molar-refractivity contribution is 7.00. The lowest BCUT2D eigenvalue weighted by atomic mass is 9.33. The van der Waals surface area contributed by atoms with E-state index in [9.17, 15) is 0 Å². The Morgan fingerprint density at radius 1 is 0.238 bits per heavy atom. The SMILES string of the molecule is c1ccc(-c2cccc(-c3ccccc3)c2N2c3ccc(-c4cccc(N(c5ccccc5)c5ccccc5)c4)cc3B3c4cc(-c5cccc(N(c6ccccc6)c6ccccc6)c5)ccc4N(c4c(-c5ccccc5)cccc4-c4ccccc4)c4cc(C5CCCCC5)cc2c43)cc1. The highest BCUT2D eigenvalue weighted by Gasteiger charge is 2.46. The molecule has 0 atom stereocenters. The second-order valence-corrected chi connectivity index (χ2v) is 26.9. The van der Waals surface area contributed by atoms with Crippen LogP contribution in [0.25, 0.3) is 66.8 Å². The fourth-order valence-electron chi connectivity index (χ4n) is 16.4. The Morgan fingerprint density at radius 2 is 0.525 bits per heavy atom. The minimum atomic E-state index is -0.243. The summed E-state index contributed by atoms with van der Waals surface area (Å²) in [6.45, 7) is -0.243. The first-order chi connectivity index (χ1) is 50.1. The van der Waals surface area contributed by atoms with Crippen LogP contribution in [-0.2, 0) is 0 Å². The van der Waals surface area contributed by atoms with E-state index >= 15 is 0 Å². The van der Waals surface area contributed by atoms with Crippen molar-refractivity contribution in [3.63, 3.8) is 0 Å². The van der Waals surface area contributed by atoms with E-state index in [-0.39, 0.29) is 6.71 Å². The summed E-state index contributed by atoms with van der Waals surface area (Å²) in [5.74, 6) is 0.369. The van der Waals surface area contributed by atoms with E-state index in [1.165, 1.54) is 74.8 Å². The summed E-state index contributed by atoms with van der Waals surface area (Å²) in [4.78, 5) is 10.2. The summed E-state index contributed by atoms with van der Waals surface area (Å²) in [6.07, 6.45) is 5.96. The maximum atomic E-state index is 2.72. The number of anilines is 12. The van der Waals surface area contributed by atoms with Gasteiger partial charge in [0.25, 0.3) is 6.71 Å². The van der Waals surface area contributed by atoms with Gasteiger partial charge in [0.1, 0.15) is 0 Å². The molecular formula is C96H73BN4. The van der Waals surface area contributed by atoms with Gasteiger partial charge in [0.2, 0.25) is 0 Å². The number of fused-ring (bicyclic) bond motifs is 4. The summed E-state index contributed by atoms with van der Waals surface area (Å²) < 4.78 is 0. The molecule has 15 aromatic carbocycles. The number of benzene rings is 15. The number of rotatable bonds is 15. The molecule has 0 N–H and O–H groups in total. The molecule has 0 radical (unpaired) electrons. The molecule has 2 aliphatic heterocycles. The van der Waals surface area contributed by atoms with Crippen LogP contribution in [0.5, 0.6) is 0 Å². The molecule has 1 saturated carbocycles. The largest absolute Gasteiger partial charge is 0.310 e. The highest BCUT2D eigenvalue weighted by Crippen LogP contribution is 2.55. The van der Waals surface area contributed by atoms with Crippen LogP contribution in [0.2, 0.25) is 0 Å². The zero-order valence-corrected chi connectivity index (χ0v) is 56.3. The van der Waals surface area contributed by atoms with Crippen molar-refractivity contribution in [3.8, 4) is 66.8 Å². The van der Waals surface area contributed by atoms with Crippen LogP contribution >= 0.6 is 0 Å². The van der Waals surface area contributed by atoms with Crippen molar-refractivity contribution in [1.29, 1.82) is 0 Å². The maximum absolute atomic E-state index is 2.72. The van der Waals surface area contributed by atoms with Crippen LogP contribution in [0.15, 0.2) is 376 Å². The quantitative estimate of drug-likeness (QED) is 0.0949. The lowest BCUT2D eigenvalue weighted by molar-refractivity contribution is 0.444. The van der Waals surface area contributed by atoms with E-state index in [2.05, 4.69) is 396 Å². The van der Waals surface area contributed by atoms with Gasteiger partial charge >= 0.3 is 0 Å². The zero-order chi connectivity index (χ0) is 67.0. The lowest BCUT2D eigenvalue weighted by Crippen LogP contribution is -2.61. The van der Waals surface area contributed by atoms with Crippen LogP contribution < -0.4 is 36.0 Å². The molecule has 2 heterocycles. The van der Waals surface area contributed by atoms with E-state index in [4.69, 9.17) is 0 Å². The summed E-state index contributed by atoms with van der Waals surface area (Å²) in [6, 6.07) is 140. The van der Waals surface area contributed by atoms with Crippen LogP contribution in [0.4, 0.5) is 68.2 Å². The first-order valence-corrected chi connectivity index (χ1v) is 35.7. The molecule has 0 unspecified atom stereocenters. The highest BCUT2D eigenvalue weighted by atomic mass is 15.2.